The number of rotatable bonds is 7. The molecule has 0 spiro atoms. The number of para-hydroxylation sites is 1. The van der Waals surface area contributed by atoms with Crippen LogP contribution in [0.4, 0.5) is 0 Å². The number of hydrogen-bond acceptors (Lipinski definition) is 2. The molecule has 96 valence electrons. The predicted octanol–water partition coefficient (Wildman–Crippen LogP) is 3.78. The first-order chi connectivity index (χ1) is 8.22. The van der Waals surface area contributed by atoms with Crippen molar-refractivity contribution in [3.63, 3.8) is 0 Å². The highest BCUT2D eigenvalue weighted by atomic mass is 16.5. The van der Waals surface area contributed by atoms with Gasteiger partial charge >= 0.3 is 0 Å². The Balaban J connectivity index is 2.86. The molecule has 0 saturated heterocycles. The Morgan fingerprint density at radius 1 is 1.24 bits per heavy atom. The summed E-state index contributed by atoms with van der Waals surface area (Å²) in [5.74, 6) is 1.74. The van der Waals surface area contributed by atoms with E-state index in [0.29, 0.717) is 6.04 Å². The topological polar surface area (TPSA) is 21.3 Å². The summed E-state index contributed by atoms with van der Waals surface area (Å²) in [5, 5.41) is 3.40. The average molecular weight is 235 g/mol. The zero-order valence-electron chi connectivity index (χ0n) is 11.5. The molecule has 0 aliphatic rings. The molecule has 17 heavy (non-hydrogen) atoms. The summed E-state index contributed by atoms with van der Waals surface area (Å²) >= 11 is 0. The van der Waals surface area contributed by atoms with Gasteiger partial charge in [-0.3, -0.25) is 0 Å². The zero-order chi connectivity index (χ0) is 12.7. The SMILES string of the molecule is CCOc1ccccc1C(CC(C)CC)NC. The highest BCUT2D eigenvalue weighted by Gasteiger charge is 2.16. The summed E-state index contributed by atoms with van der Waals surface area (Å²) in [6.45, 7) is 7.29. The lowest BCUT2D eigenvalue weighted by molar-refractivity contribution is 0.326. The van der Waals surface area contributed by atoms with Crippen molar-refractivity contribution < 1.29 is 4.74 Å². The Hall–Kier alpha value is -1.02. The number of nitrogens with one attached hydrogen (secondary N) is 1. The summed E-state index contributed by atoms with van der Waals surface area (Å²) in [4.78, 5) is 0. The second-order valence-corrected chi connectivity index (χ2v) is 4.56. The third-order valence-corrected chi connectivity index (χ3v) is 3.28. The minimum absolute atomic E-state index is 0.382. The smallest absolute Gasteiger partial charge is 0.124 e. The summed E-state index contributed by atoms with van der Waals surface area (Å²) in [7, 11) is 2.02. The number of benzene rings is 1. The van der Waals surface area contributed by atoms with E-state index in [1.165, 1.54) is 12.0 Å². The van der Waals surface area contributed by atoms with Gasteiger partial charge in [-0.2, -0.15) is 0 Å². The van der Waals surface area contributed by atoms with Gasteiger partial charge in [-0.15, -0.1) is 0 Å². The molecule has 0 aliphatic carbocycles. The molecule has 0 heterocycles. The van der Waals surface area contributed by atoms with Crippen molar-refractivity contribution in [3.05, 3.63) is 29.8 Å². The minimum Gasteiger partial charge on any atom is -0.494 e. The van der Waals surface area contributed by atoms with E-state index >= 15 is 0 Å². The van der Waals surface area contributed by atoms with E-state index in [2.05, 4.69) is 37.4 Å². The Morgan fingerprint density at radius 3 is 2.53 bits per heavy atom. The van der Waals surface area contributed by atoms with Crippen LogP contribution in [0.5, 0.6) is 5.75 Å². The Kier molecular flexibility index (Phi) is 6.06. The van der Waals surface area contributed by atoms with Crippen LogP contribution >= 0.6 is 0 Å². The molecule has 1 aromatic rings. The largest absolute Gasteiger partial charge is 0.494 e. The normalized spacial score (nSPS) is 14.4. The van der Waals surface area contributed by atoms with E-state index in [1.807, 2.05) is 20.0 Å². The molecule has 0 aliphatic heterocycles. The van der Waals surface area contributed by atoms with E-state index in [1.54, 1.807) is 0 Å². The van der Waals surface area contributed by atoms with Crippen molar-refractivity contribution in [1.82, 2.24) is 5.32 Å². The van der Waals surface area contributed by atoms with Crippen molar-refractivity contribution in [3.8, 4) is 5.75 Å². The van der Waals surface area contributed by atoms with Crippen LogP contribution in [0.15, 0.2) is 24.3 Å². The van der Waals surface area contributed by atoms with Gasteiger partial charge in [0.15, 0.2) is 0 Å². The fourth-order valence-electron chi connectivity index (χ4n) is 2.02. The van der Waals surface area contributed by atoms with Crippen LogP contribution in [0.1, 0.15) is 45.2 Å². The molecule has 1 rings (SSSR count). The highest BCUT2D eigenvalue weighted by Crippen LogP contribution is 2.29. The van der Waals surface area contributed by atoms with Crippen LogP contribution in [0.2, 0.25) is 0 Å². The van der Waals surface area contributed by atoms with Gasteiger partial charge in [0.2, 0.25) is 0 Å². The van der Waals surface area contributed by atoms with Crippen molar-refractivity contribution in [1.29, 1.82) is 0 Å². The van der Waals surface area contributed by atoms with Gasteiger partial charge in [0, 0.05) is 11.6 Å². The monoisotopic (exact) mass is 235 g/mol. The fourth-order valence-corrected chi connectivity index (χ4v) is 2.02. The standard InChI is InChI=1S/C15H25NO/c1-5-12(3)11-14(16-4)13-9-7-8-10-15(13)17-6-2/h7-10,12,14,16H,5-6,11H2,1-4H3. The molecule has 0 saturated carbocycles. The van der Waals surface area contributed by atoms with E-state index in [9.17, 15) is 0 Å². The van der Waals surface area contributed by atoms with Crippen molar-refractivity contribution in [2.75, 3.05) is 13.7 Å². The van der Waals surface area contributed by atoms with Crippen LogP contribution in [0, 0.1) is 5.92 Å². The fraction of sp³-hybridized carbons (Fsp3) is 0.600. The third kappa shape index (κ3) is 4.04. The molecule has 1 aromatic carbocycles. The second kappa shape index (κ2) is 7.33. The molecule has 0 radical (unpaired) electrons. The highest BCUT2D eigenvalue weighted by molar-refractivity contribution is 5.35. The van der Waals surface area contributed by atoms with Gasteiger partial charge in [-0.1, -0.05) is 38.5 Å². The Morgan fingerprint density at radius 2 is 1.94 bits per heavy atom. The first-order valence-electron chi connectivity index (χ1n) is 6.61. The van der Waals surface area contributed by atoms with Crippen LogP contribution in [0.3, 0.4) is 0 Å². The maximum Gasteiger partial charge on any atom is 0.124 e. The minimum atomic E-state index is 0.382. The molecule has 0 aromatic heterocycles. The van der Waals surface area contributed by atoms with E-state index < -0.39 is 0 Å². The number of hydrogen-bond donors (Lipinski definition) is 1. The molecule has 2 heteroatoms. The first kappa shape index (κ1) is 14.0. The van der Waals surface area contributed by atoms with Gasteiger partial charge in [-0.05, 0) is 32.4 Å². The summed E-state index contributed by atoms with van der Waals surface area (Å²) < 4.78 is 5.70. The lowest BCUT2D eigenvalue weighted by atomic mass is 9.94. The lowest BCUT2D eigenvalue weighted by Gasteiger charge is -2.22. The van der Waals surface area contributed by atoms with E-state index in [4.69, 9.17) is 4.74 Å². The summed E-state index contributed by atoms with van der Waals surface area (Å²) in [5.41, 5.74) is 1.28. The lowest BCUT2D eigenvalue weighted by Crippen LogP contribution is -2.19. The summed E-state index contributed by atoms with van der Waals surface area (Å²) in [6, 6.07) is 8.71. The molecular formula is C15H25NO. The van der Waals surface area contributed by atoms with E-state index in [-0.39, 0.29) is 0 Å². The average Bonchev–Trinajstić information content (AvgIpc) is 2.37. The second-order valence-electron chi connectivity index (χ2n) is 4.56. The van der Waals surface area contributed by atoms with Crippen LogP contribution in [-0.2, 0) is 0 Å². The van der Waals surface area contributed by atoms with Crippen LogP contribution in [-0.4, -0.2) is 13.7 Å². The molecule has 2 atom stereocenters. The van der Waals surface area contributed by atoms with Gasteiger partial charge in [0.05, 0.1) is 6.61 Å². The Bertz CT molecular complexity index is 324. The van der Waals surface area contributed by atoms with Crippen molar-refractivity contribution in [2.45, 2.75) is 39.7 Å². The van der Waals surface area contributed by atoms with Gasteiger partial charge < -0.3 is 10.1 Å². The maximum atomic E-state index is 5.70. The quantitative estimate of drug-likeness (QED) is 0.776. The molecular weight excluding hydrogens is 210 g/mol. The molecule has 0 amide bonds. The van der Waals surface area contributed by atoms with E-state index in [0.717, 1.165) is 24.7 Å². The predicted molar refractivity (Wildman–Crippen MR) is 73.5 cm³/mol. The molecule has 2 nitrogen and oxygen atoms in total. The van der Waals surface area contributed by atoms with Crippen molar-refractivity contribution >= 4 is 0 Å². The zero-order valence-corrected chi connectivity index (χ0v) is 11.5. The van der Waals surface area contributed by atoms with Crippen LogP contribution < -0.4 is 10.1 Å². The molecule has 2 unspecified atom stereocenters. The van der Waals surface area contributed by atoms with Gasteiger partial charge in [0.1, 0.15) is 5.75 Å². The summed E-state index contributed by atoms with van der Waals surface area (Å²) in [6.07, 6.45) is 2.37. The van der Waals surface area contributed by atoms with Crippen LogP contribution in [0.25, 0.3) is 0 Å². The number of ether oxygens (including phenoxy) is 1. The van der Waals surface area contributed by atoms with Crippen molar-refractivity contribution in [2.24, 2.45) is 5.92 Å². The van der Waals surface area contributed by atoms with Gasteiger partial charge in [-0.25, -0.2) is 0 Å². The third-order valence-electron chi connectivity index (χ3n) is 3.28. The molecule has 1 N–H and O–H groups in total. The maximum absolute atomic E-state index is 5.70. The Labute approximate surface area is 105 Å². The molecule has 0 bridgehead atoms. The first-order valence-corrected chi connectivity index (χ1v) is 6.61. The van der Waals surface area contributed by atoms with Gasteiger partial charge in [0.25, 0.3) is 0 Å². The molecule has 0 fully saturated rings.